The Bertz CT molecular complexity index is 367. The predicted octanol–water partition coefficient (Wildman–Crippen LogP) is 4.00. The number of carbonyl (C=O) groups excluding carboxylic acids is 1. The molecule has 0 bridgehead atoms. The molecular formula is C17H27NOS. The first-order chi connectivity index (χ1) is 9.72. The second-order valence-corrected chi connectivity index (χ2v) is 5.83. The fourth-order valence-corrected chi connectivity index (χ4v) is 2.50. The van der Waals surface area contributed by atoms with Crippen LogP contribution in [0.25, 0.3) is 0 Å². The molecule has 20 heavy (non-hydrogen) atoms. The van der Waals surface area contributed by atoms with Gasteiger partial charge >= 0.3 is 0 Å². The zero-order valence-corrected chi connectivity index (χ0v) is 13.4. The van der Waals surface area contributed by atoms with Crippen LogP contribution in [0.1, 0.15) is 51.0 Å². The number of nitrogens with one attached hydrogen (secondary N) is 1. The molecule has 0 aliphatic rings. The third-order valence-corrected chi connectivity index (χ3v) is 3.67. The van der Waals surface area contributed by atoms with Crippen LogP contribution in [0.2, 0.25) is 0 Å². The summed E-state index contributed by atoms with van der Waals surface area (Å²) >= 11 is 4.06. The van der Waals surface area contributed by atoms with Crippen LogP contribution in [0.4, 0.5) is 0 Å². The van der Waals surface area contributed by atoms with Gasteiger partial charge in [-0.25, -0.2) is 0 Å². The van der Waals surface area contributed by atoms with Gasteiger partial charge in [0, 0.05) is 12.5 Å². The second kappa shape index (κ2) is 10.8. The van der Waals surface area contributed by atoms with Crippen molar-refractivity contribution in [3.05, 3.63) is 35.9 Å². The van der Waals surface area contributed by atoms with Gasteiger partial charge in [0.2, 0.25) is 5.91 Å². The van der Waals surface area contributed by atoms with Crippen molar-refractivity contribution in [2.75, 3.05) is 5.75 Å². The van der Waals surface area contributed by atoms with E-state index in [1.54, 1.807) is 0 Å². The Kier molecular flexibility index (Phi) is 9.22. The zero-order chi connectivity index (χ0) is 14.6. The number of carbonyl (C=O) groups is 1. The lowest BCUT2D eigenvalue weighted by atomic mass is 10.0. The van der Waals surface area contributed by atoms with Crippen LogP contribution in [0, 0.1) is 0 Å². The minimum Gasteiger partial charge on any atom is -0.354 e. The molecule has 0 saturated carbocycles. The summed E-state index contributed by atoms with van der Waals surface area (Å²) < 4.78 is 0. The zero-order valence-electron chi connectivity index (χ0n) is 12.5. The number of hydrogen-bond acceptors (Lipinski definition) is 2. The van der Waals surface area contributed by atoms with Crippen LogP contribution in [-0.2, 0) is 11.2 Å². The Morgan fingerprint density at radius 3 is 2.55 bits per heavy atom. The molecule has 1 N–H and O–H groups in total. The maximum atomic E-state index is 11.4. The third-order valence-electron chi connectivity index (χ3n) is 3.44. The van der Waals surface area contributed by atoms with E-state index in [2.05, 4.69) is 55.2 Å². The van der Waals surface area contributed by atoms with E-state index in [1.807, 2.05) is 0 Å². The molecule has 1 aromatic carbocycles. The van der Waals surface area contributed by atoms with Crippen molar-refractivity contribution in [1.82, 2.24) is 5.32 Å². The number of thiol groups is 1. The van der Waals surface area contributed by atoms with Crippen molar-refractivity contribution < 1.29 is 4.79 Å². The molecule has 1 rings (SSSR count). The Balaban J connectivity index is 1.98. The molecular weight excluding hydrogens is 266 g/mol. The predicted molar refractivity (Wildman–Crippen MR) is 89.3 cm³/mol. The lowest BCUT2D eigenvalue weighted by Gasteiger charge is -2.13. The number of benzene rings is 1. The summed E-state index contributed by atoms with van der Waals surface area (Å²) in [5, 5.41) is 3.01. The van der Waals surface area contributed by atoms with Crippen LogP contribution in [0.15, 0.2) is 30.3 Å². The molecule has 0 unspecified atom stereocenters. The maximum Gasteiger partial charge on any atom is 0.221 e. The van der Waals surface area contributed by atoms with E-state index < -0.39 is 0 Å². The molecule has 0 heterocycles. The van der Waals surface area contributed by atoms with Crippen LogP contribution in [-0.4, -0.2) is 17.7 Å². The number of rotatable bonds is 10. The van der Waals surface area contributed by atoms with Crippen LogP contribution >= 0.6 is 12.6 Å². The van der Waals surface area contributed by atoms with Crippen molar-refractivity contribution in [3.63, 3.8) is 0 Å². The Hall–Kier alpha value is -0.960. The molecule has 0 fully saturated rings. The van der Waals surface area contributed by atoms with Crippen molar-refractivity contribution in [1.29, 1.82) is 0 Å². The highest BCUT2D eigenvalue weighted by atomic mass is 32.1. The monoisotopic (exact) mass is 293 g/mol. The van der Waals surface area contributed by atoms with Gasteiger partial charge in [0.15, 0.2) is 0 Å². The van der Waals surface area contributed by atoms with E-state index >= 15 is 0 Å². The lowest BCUT2D eigenvalue weighted by molar-refractivity contribution is -0.121. The van der Waals surface area contributed by atoms with Crippen molar-refractivity contribution in [3.8, 4) is 0 Å². The second-order valence-electron chi connectivity index (χ2n) is 5.38. The number of amides is 1. The highest BCUT2D eigenvalue weighted by Gasteiger charge is 2.05. The summed E-state index contributed by atoms with van der Waals surface area (Å²) in [5.74, 6) is 0.745. The lowest BCUT2D eigenvalue weighted by Crippen LogP contribution is -2.32. The van der Waals surface area contributed by atoms with E-state index in [9.17, 15) is 4.79 Å². The molecule has 0 aliphatic carbocycles. The summed E-state index contributed by atoms with van der Waals surface area (Å²) in [7, 11) is 0. The molecule has 1 amide bonds. The summed E-state index contributed by atoms with van der Waals surface area (Å²) in [6.45, 7) is 2.08. The van der Waals surface area contributed by atoms with E-state index in [4.69, 9.17) is 0 Å². The first-order valence-corrected chi connectivity index (χ1v) is 8.29. The molecule has 0 saturated heterocycles. The largest absolute Gasteiger partial charge is 0.354 e. The molecule has 0 spiro atoms. The molecule has 0 aliphatic heterocycles. The molecule has 3 heteroatoms. The molecule has 2 nitrogen and oxygen atoms in total. The number of unbranched alkanes of at least 4 members (excludes halogenated alkanes) is 3. The van der Waals surface area contributed by atoms with E-state index in [0.717, 1.165) is 6.42 Å². The van der Waals surface area contributed by atoms with Gasteiger partial charge in [0.05, 0.1) is 0 Å². The summed E-state index contributed by atoms with van der Waals surface area (Å²) in [4.78, 5) is 11.4. The van der Waals surface area contributed by atoms with Gasteiger partial charge in [-0.15, -0.1) is 0 Å². The van der Waals surface area contributed by atoms with Gasteiger partial charge in [-0.05, 0) is 37.5 Å². The molecule has 112 valence electrons. The smallest absolute Gasteiger partial charge is 0.221 e. The van der Waals surface area contributed by atoms with Gasteiger partial charge in [0.1, 0.15) is 0 Å². The quantitative estimate of drug-likeness (QED) is 0.495. The van der Waals surface area contributed by atoms with E-state index in [-0.39, 0.29) is 11.9 Å². The first-order valence-electron chi connectivity index (χ1n) is 7.66. The molecule has 1 atom stereocenters. The van der Waals surface area contributed by atoms with Crippen molar-refractivity contribution in [2.24, 2.45) is 0 Å². The summed E-state index contributed by atoms with van der Waals surface area (Å²) in [6.07, 6.45) is 7.73. The Labute approximate surface area is 128 Å². The van der Waals surface area contributed by atoms with Gasteiger partial charge < -0.3 is 5.32 Å². The summed E-state index contributed by atoms with van der Waals surface area (Å²) in [6, 6.07) is 10.9. The van der Waals surface area contributed by atoms with Gasteiger partial charge in [-0.2, -0.15) is 12.6 Å². The fourth-order valence-electron chi connectivity index (χ4n) is 2.30. The first kappa shape index (κ1) is 17.1. The SMILES string of the molecule is C[C@H](CCCCCCc1ccccc1)NC(=O)CCS. The van der Waals surface area contributed by atoms with Crippen LogP contribution in [0.3, 0.4) is 0 Å². The number of aryl methyl sites for hydroxylation is 1. The highest BCUT2D eigenvalue weighted by molar-refractivity contribution is 7.80. The minimum absolute atomic E-state index is 0.122. The highest BCUT2D eigenvalue weighted by Crippen LogP contribution is 2.10. The van der Waals surface area contributed by atoms with Crippen molar-refractivity contribution in [2.45, 2.75) is 57.9 Å². The van der Waals surface area contributed by atoms with Gasteiger partial charge in [0.25, 0.3) is 0 Å². The maximum absolute atomic E-state index is 11.4. The molecule has 0 radical (unpaired) electrons. The third kappa shape index (κ3) is 8.26. The molecule has 0 aromatic heterocycles. The summed E-state index contributed by atoms with van der Waals surface area (Å²) in [5.41, 5.74) is 1.43. The van der Waals surface area contributed by atoms with Crippen molar-refractivity contribution >= 4 is 18.5 Å². The van der Waals surface area contributed by atoms with E-state index in [0.29, 0.717) is 12.2 Å². The van der Waals surface area contributed by atoms with Crippen LogP contribution < -0.4 is 5.32 Å². The Morgan fingerprint density at radius 2 is 1.85 bits per heavy atom. The minimum atomic E-state index is 0.122. The Morgan fingerprint density at radius 1 is 1.15 bits per heavy atom. The van der Waals surface area contributed by atoms with Gasteiger partial charge in [-0.3, -0.25) is 4.79 Å². The normalized spacial score (nSPS) is 12.1. The van der Waals surface area contributed by atoms with E-state index in [1.165, 1.54) is 37.7 Å². The number of hydrogen-bond donors (Lipinski definition) is 2. The topological polar surface area (TPSA) is 29.1 Å². The average molecular weight is 293 g/mol. The molecule has 1 aromatic rings. The van der Waals surface area contributed by atoms with Crippen LogP contribution in [0.5, 0.6) is 0 Å². The standard InChI is InChI=1S/C17H27NOS/c1-15(18-17(19)13-14-20)9-5-2-3-6-10-16-11-7-4-8-12-16/h4,7-8,11-12,15,20H,2-3,5-6,9-10,13-14H2,1H3,(H,18,19)/t15-/m1/s1. The average Bonchev–Trinajstić information content (AvgIpc) is 2.44. The fraction of sp³-hybridized carbons (Fsp3) is 0.588. The van der Waals surface area contributed by atoms with Gasteiger partial charge in [-0.1, -0.05) is 49.6 Å².